The Labute approximate surface area is 306 Å². The molecule has 2 aromatic heterocycles. The van der Waals surface area contributed by atoms with Gasteiger partial charge in [-0.05, 0) is 50.9 Å². The van der Waals surface area contributed by atoms with Gasteiger partial charge in [-0.2, -0.15) is 0 Å². The van der Waals surface area contributed by atoms with Crippen LogP contribution < -0.4 is 0 Å². The molecule has 10 rings (SSSR count). The Morgan fingerprint density at radius 1 is 0.321 bits per heavy atom. The van der Waals surface area contributed by atoms with Crippen molar-refractivity contribution in [2.75, 3.05) is 0 Å². The van der Waals surface area contributed by atoms with Crippen LogP contribution in [-0.2, 0) is 0 Å². The minimum Gasteiger partial charge on any atom is -0.455 e. The maximum Gasteiger partial charge on any atom is 0.164 e. The smallest absolute Gasteiger partial charge is 0.164 e. The van der Waals surface area contributed by atoms with Gasteiger partial charge < -0.3 is 4.42 Å². The molecule has 248 valence electrons. The number of aromatic nitrogens is 3. The van der Waals surface area contributed by atoms with Crippen LogP contribution in [0.1, 0.15) is 0 Å². The molecule has 0 fully saturated rings. The molecule has 0 spiro atoms. The van der Waals surface area contributed by atoms with E-state index in [2.05, 4.69) is 109 Å². The van der Waals surface area contributed by atoms with E-state index in [9.17, 15) is 0 Å². The van der Waals surface area contributed by atoms with Crippen molar-refractivity contribution in [3.8, 4) is 67.5 Å². The molecule has 0 aliphatic rings. The fourth-order valence-corrected chi connectivity index (χ4v) is 7.33. The highest BCUT2D eigenvalue weighted by molar-refractivity contribution is 6.23. The van der Waals surface area contributed by atoms with E-state index in [1.165, 1.54) is 22.3 Å². The van der Waals surface area contributed by atoms with Gasteiger partial charge in [0.2, 0.25) is 0 Å². The monoisotopic (exact) mass is 677 g/mol. The summed E-state index contributed by atoms with van der Waals surface area (Å²) in [6, 6.07) is 65.2. The predicted octanol–water partition coefficient (Wildman–Crippen LogP) is 12.9. The lowest BCUT2D eigenvalue weighted by atomic mass is 9.92. The summed E-state index contributed by atoms with van der Waals surface area (Å²) in [5.41, 5.74) is 11.4. The van der Waals surface area contributed by atoms with E-state index in [-0.39, 0.29) is 0 Å². The summed E-state index contributed by atoms with van der Waals surface area (Å²) in [5.74, 6) is 1.85. The molecule has 0 aliphatic heterocycles. The van der Waals surface area contributed by atoms with Crippen molar-refractivity contribution in [3.63, 3.8) is 0 Å². The van der Waals surface area contributed by atoms with Crippen molar-refractivity contribution in [2.24, 2.45) is 0 Å². The van der Waals surface area contributed by atoms with Gasteiger partial charge in [0.05, 0.1) is 0 Å². The Kier molecular flexibility index (Phi) is 7.43. The van der Waals surface area contributed by atoms with Gasteiger partial charge in [0, 0.05) is 32.8 Å². The topological polar surface area (TPSA) is 51.8 Å². The number of hydrogen-bond acceptors (Lipinski definition) is 4. The van der Waals surface area contributed by atoms with Gasteiger partial charge in [-0.15, -0.1) is 0 Å². The Balaban J connectivity index is 1.14. The second kappa shape index (κ2) is 12.9. The normalized spacial score (nSPS) is 11.4. The van der Waals surface area contributed by atoms with Crippen molar-refractivity contribution >= 4 is 32.7 Å². The van der Waals surface area contributed by atoms with Gasteiger partial charge in [0.1, 0.15) is 11.2 Å². The van der Waals surface area contributed by atoms with Crippen LogP contribution in [0.3, 0.4) is 0 Å². The van der Waals surface area contributed by atoms with Crippen LogP contribution in [0.15, 0.2) is 192 Å². The van der Waals surface area contributed by atoms with Gasteiger partial charge in [0.15, 0.2) is 17.5 Å². The number of nitrogens with zero attached hydrogens (tertiary/aromatic N) is 3. The van der Waals surface area contributed by atoms with Crippen LogP contribution in [0.25, 0.3) is 100 Å². The minimum atomic E-state index is 0.601. The van der Waals surface area contributed by atoms with Crippen LogP contribution >= 0.6 is 0 Å². The number of rotatable bonds is 6. The standard InChI is InChI=1S/C49H31N3O/c1-4-13-32(14-5-1)33-23-25-34(26-24-33)35-27-29-36(30-28-35)40-21-12-19-39-31-42(45-41-20-10-11-22-43(41)53-46(45)44(39)40)49-51-47(37-15-6-2-7-16-37)50-48(52-49)38-17-8-3-9-18-38/h1-31H. The molecule has 0 saturated heterocycles. The summed E-state index contributed by atoms with van der Waals surface area (Å²) in [4.78, 5) is 15.2. The first-order valence-corrected chi connectivity index (χ1v) is 17.8. The van der Waals surface area contributed by atoms with Crippen LogP contribution in [0.4, 0.5) is 0 Å². The lowest BCUT2D eigenvalue weighted by molar-refractivity contribution is 0.673. The molecule has 4 heteroatoms. The van der Waals surface area contributed by atoms with Gasteiger partial charge in [-0.3, -0.25) is 0 Å². The quantitative estimate of drug-likeness (QED) is 0.176. The van der Waals surface area contributed by atoms with E-state index >= 15 is 0 Å². The Morgan fingerprint density at radius 3 is 1.38 bits per heavy atom. The fraction of sp³-hybridized carbons (Fsp3) is 0. The van der Waals surface area contributed by atoms with Crippen LogP contribution in [0, 0.1) is 0 Å². The van der Waals surface area contributed by atoms with Gasteiger partial charge in [-0.1, -0.05) is 176 Å². The van der Waals surface area contributed by atoms with Crippen LogP contribution in [0.2, 0.25) is 0 Å². The zero-order chi connectivity index (χ0) is 35.1. The largest absolute Gasteiger partial charge is 0.455 e. The fourth-order valence-electron chi connectivity index (χ4n) is 7.33. The molecule has 0 amide bonds. The summed E-state index contributed by atoms with van der Waals surface area (Å²) in [7, 11) is 0. The highest BCUT2D eigenvalue weighted by atomic mass is 16.3. The van der Waals surface area contributed by atoms with Crippen molar-refractivity contribution in [2.45, 2.75) is 0 Å². The van der Waals surface area contributed by atoms with E-state index in [1.54, 1.807) is 0 Å². The third-order valence-electron chi connectivity index (χ3n) is 9.95. The highest BCUT2D eigenvalue weighted by Crippen LogP contribution is 2.44. The summed E-state index contributed by atoms with van der Waals surface area (Å²) < 4.78 is 6.79. The number of para-hydroxylation sites is 1. The predicted molar refractivity (Wildman–Crippen MR) is 217 cm³/mol. The molecule has 10 aromatic rings. The van der Waals surface area contributed by atoms with Crippen LogP contribution in [0.5, 0.6) is 0 Å². The molecule has 0 unspecified atom stereocenters. The number of fused-ring (bicyclic) bond motifs is 5. The van der Waals surface area contributed by atoms with Gasteiger partial charge in [0.25, 0.3) is 0 Å². The van der Waals surface area contributed by atoms with Crippen LogP contribution in [-0.4, -0.2) is 15.0 Å². The number of furan rings is 1. The third kappa shape index (κ3) is 5.54. The summed E-state index contributed by atoms with van der Waals surface area (Å²) in [6.45, 7) is 0. The Bertz CT molecular complexity index is 2840. The van der Waals surface area contributed by atoms with E-state index in [0.29, 0.717) is 17.5 Å². The van der Waals surface area contributed by atoms with E-state index in [0.717, 1.165) is 60.5 Å². The number of hydrogen-bond donors (Lipinski definition) is 0. The zero-order valence-corrected chi connectivity index (χ0v) is 28.6. The lowest BCUT2D eigenvalue weighted by Gasteiger charge is -2.13. The van der Waals surface area contributed by atoms with Gasteiger partial charge >= 0.3 is 0 Å². The molecule has 0 N–H and O–H groups in total. The zero-order valence-electron chi connectivity index (χ0n) is 28.6. The first-order chi connectivity index (χ1) is 26.3. The van der Waals surface area contributed by atoms with E-state index < -0.39 is 0 Å². The van der Waals surface area contributed by atoms with E-state index in [1.807, 2.05) is 78.9 Å². The average Bonchev–Trinajstić information content (AvgIpc) is 3.64. The molecule has 4 nitrogen and oxygen atoms in total. The molecule has 53 heavy (non-hydrogen) atoms. The first-order valence-electron chi connectivity index (χ1n) is 17.8. The minimum absolute atomic E-state index is 0.601. The molecule has 0 aliphatic carbocycles. The third-order valence-corrected chi connectivity index (χ3v) is 9.95. The maximum atomic E-state index is 6.79. The molecule has 0 radical (unpaired) electrons. The molecule has 0 saturated carbocycles. The Hall–Kier alpha value is -7.17. The maximum absolute atomic E-state index is 6.79. The lowest BCUT2D eigenvalue weighted by Crippen LogP contribution is -2.00. The SMILES string of the molecule is c1ccc(-c2ccc(-c3ccc(-c4cccc5cc(-c6nc(-c7ccccc7)nc(-c7ccccc7)n6)c6c7ccccc7oc6c45)cc3)cc2)cc1. The molecular formula is C49H31N3O. The summed E-state index contributed by atoms with van der Waals surface area (Å²) in [5, 5.41) is 4.11. The molecular weight excluding hydrogens is 647 g/mol. The second-order valence-corrected chi connectivity index (χ2v) is 13.2. The first kappa shape index (κ1) is 30.6. The second-order valence-electron chi connectivity index (χ2n) is 13.2. The van der Waals surface area contributed by atoms with Crippen molar-refractivity contribution < 1.29 is 4.42 Å². The molecule has 8 aromatic carbocycles. The average molecular weight is 678 g/mol. The van der Waals surface area contributed by atoms with E-state index in [4.69, 9.17) is 19.4 Å². The van der Waals surface area contributed by atoms with Gasteiger partial charge in [-0.25, -0.2) is 15.0 Å². The van der Waals surface area contributed by atoms with Crippen molar-refractivity contribution in [1.29, 1.82) is 0 Å². The molecule has 0 atom stereocenters. The summed E-state index contributed by atoms with van der Waals surface area (Å²) in [6.07, 6.45) is 0. The number of benzene rings is 8. The molecule has 2 heterocycles. The Morgan fingerprint density at radius 2 is 0.792 bits per heavy atom. The highest BCUT2D eigenvalue weighted by Gasteiger charge is 2.22. The molecule has 0 bridgehead atoms. The van der Waals surface area contributed by atoms with Crippen molar-refractivity contribution in [1.82, 2.24) is 15.0 Å². The summed E-state index contributed by atoms with van der Waals surface area (Å²) >= 11 is 0. The van der Waals surface area contributed by atoms with Crippen molar-refractivity contribution in [3.05, 3.63) is 188 Å².